The molecule has 3 rings (SSSR count). The lowest BCUT2D eigenvalue weighted by molar-refractivity contribution is -0.159. The number of carbonyl (C=O) groups excluding carboxylic acids is 1. The van der Waals surface area contributed by atoms with Gasteiger partial charge >= 0.3 is 5.97 Å². The molecule has 1 aliphatic heterocycles. The van der Waals surface area contributed by atoms with Gasteiger partial charge in [-0.2, -0.15) is 5.10 Å². The Morgan fingerprint density at radius 1 is 1.29 bits per heavy atom. The van der Waals surface area contributed by atoms with Crippen LogP contribution in [0.15, 0.2) is 24.3 Å². The number of rotatable bonds is 8. The zero-order chi connectivity index (χ0) is 22.6. The molecule has 0 spiro atoms. The van der Waals surface area contributed by atoms with Crippen LogP contribution in [0.2, 0.25) is 0 Å². The zero-order valence-electron chi connectivity index (χ0n) is 19.9. The van der Waals surface area contributed by atoms with Crippen molar-refractivity contribution in [2.24, 2.45) is 5.41 Å². The highest BCUT2D eigenvalue weighted by molar-refractivity contribution is 5.78. The Labute approximate surface area is 186 Å². The van der Waals surface area contributed by atoms with Crippen molar-refractivity contribution < 1.29 is 14.3 Å². The summed E-state index contributed by atoms with van der Waals surface area (Å²) in [6, 6.07) is 8.36. The first-order valence-electron chi connectivity index (χ1n) is 11.4. The molecular formula is C25H37N3O3. The van der Waals surface area contributed by atoms with Gasteiger partial charge in [-0.15, -0.1) is 0 Å². The Morgan fingerprint density at radius 2 is 2.06 bits per heavy atom. The average molecular weight is 428 g/mol. The summed E-state index contributed by atoms with van der Waals surface area (Å²) < 4.78 is 13.1. The second kappa shape index (κ2) is 9.86. The van der Waals surface area contributed by atoms with Crippen molar-refractivity contribution in [1.29, 1.82) is 0 Å². The molecule has 6 nitrogen and oxygen atoms in total. The number of hydrogen-bond donors (Lipinski definition) is 0. The predicted molar refractivity (Wildman–Crippen MR) is 122 cm³/mol. The normalized spacial score (nSPS) is 19.6. The molecule has 0 N–H and O–H groups in total. The number of aryl methyl sites for hydroxylation is 1. The van der Waals surface area contributed by atoms with Crippen LogP contribution >= 0.6 is 0 Å². The van der Waals surface area contributed by atoms with E-state index < -0.39 is 5.41 Å². The van der Waals surface area contributed by atoms with Crippen molar-refractivity contribution in [3.05, 3.63) is 46.8 Å². The van der Waals surface area contributed by atoms with Crippen LogP contribution < -0.4 is 4.74 Å². The molecular weight excluding hydrogens is 390 g/mol. The number of esters is 1. The van der Waals surface area contributed by atoms with Gasteiger partial charge in [-0.3, -0.25) is 14.4 Å². The second-order valence-corrected chi connectivity index (χ2v) is 9.03. The van der Waals surface area contributed by atoms with Crippen molar-refractivity contribution in [3.8, 4) is 5.75 Å². The van der Waals surface area contributed by atoms with Gasteiger partial charge in [-0.05, 0) is 78.1 Å². The molecule has 1 fully saturated rings. The van der Waals surface area contributed by atoms with Crippen LogP contribution in [0.4, 0.5) is 0 Å². The van der Waals surface area contributed by atoms with E-state index in [4.69, 9.17) is 14.6 Å². The number of piperidine rings is 1. The van der Waals surface area contributed by atoms with Gasteiger partial charge < -0.3 is 9.47 Å². The van der Waals surface area contributed by atoms with E-state index >= 15 is 0 Å². The standard InChI is InChI=1S/C25H37N3O3/c1-7-31-24(29)25(15-21-10-8-11-22(14-21)30-6)12-9-13-27(17-25)16-23-19(4)26-28(18(2)3)20(23)5/h8,10-11,14,18H,7,9,12-13,15-17H2,1-6H3/t25-/m1/s1. The summed E-state index contributed by atoms with van der Waals surface area (Å²) >= 11 is 0. The third-order valence-corrected chi connectivity index (χ3v) is 6.39. The van der Waals surface area contributed by atoms with Gasteiger partial charge in [0, 0.05) is 30.4 Å². The minimum Gasteiger partial charge on any atom is -0.497 e. The lowest BCUT2D eigenvalue weighted by atomic mass is 9.75. The van der Waals surface area contributed by atoms with Crippen molar-refractivity contribution in [1.82, 2.24) is 14.7 Å². The van der Waals surface area contributed by atoms with Crippen molar-refractivity contribution in [2.75, 3.05) is 26.8 Å². The molecule has 2 aromatic rings. The van der Waals surface area contributed by atoms with E-state index in [0.717, 1.165) is 42.9 Å². The molecule has 1 atom stereocenters. The van der Waals surface area contributed by atoms with Crippen LogP contribution in [-0.2, 0) is 22.5 Å². The fourth-order valence-electron chi connectivity index (χ4n) is 4.85. The van der Waals surface area contributed by atoms with Crippen LogP contribution in [0.25, 0.3) is 0 Å². The van der Waals surface area contributed by atoms with Crippen LogP contribution in [-0.4, -0.2) is 47.5 Å². The lowest BCUT2D eigenvalue weighted by Gasteiger charge is -2.41. The third kappa shape index (κ3) is 5.12. The van der Waals surface area contributed by atoms with E-state index in [1.165, 1.54) is 11.3 Å². The average Bonchev–Trinajstić information content (AvgIpc) is 3.03. The monoisotopic (exact) mass is 427 g/mol. The number of methoxy groups -OCH3 is 1. The summed E-state index contributed by atoms with van der Waals surface area (Å²) in [7, 11) is 1.67. The Kier molecular flexibility index (Phi) is 7.42. The molecule has 170 valence electrons. The van der Waals surface area contributed by atoms with Gasteiger partial charge in [-0.1, -0.05) is 12.1 Å². The number of aromatic nitrogens is 2. The molecule has 0 radical (unpaired) electrons. The summed E-state index contributed by atoms with van der Waals surface area (Å²) in [4.78, 5) is 15.6. The summed E-state index contributed by atoms with van der Waals surface area (Å²) in [5.74, 6) is 0.727. The molecule has 0 amide bonds. The highest BCUT2D eigenvalue weighted by atomic mass is 16.5. The Morgan fingerprint density at radius 3 is 2.71 bits per heavy atom. The van der Waals surface area contributed by atoms with Crippen LogP contribution in [0.5, 0.6) is 5.75 Å². The molecule has 1 aromatic heterocycles. The molecule has 1 aliphatic rings. The molecule has 0 unspecified atom stereocenters. The highest BCUT2D eigenvalue weighted by Gasteiger charge is 2.43. The Bertz CT molecular complexity index is 905. The fraction of sp³-hybridized carbons (Fsp3) is 0.600. The van der Waals surface area contributed by atoms with Crippen molar-refractivity contribution in [2.45, 2.75) is 66.5 Å². The Balaban J connectivity index is 1.86. The van der Waals surface area contributed by atoms with E-state index in [0.29, 0.717) is 25.6 Å². The van der Waals surface area contributed by atoms with Crippen molar-refractivity contribution >= 4 is 5.97 Å². The highest BCUT2D eigenvalue weighted by Crippen LogP contribution is 2.37. The largest absolute Gasteiger partial charge is 0.497 e. The summed E-state index contributed by atoms with van der Waals surface area (Å²) in [5, 5.41) is 4.75. The van der Waals surface area contributed by atoms with Gasteiger partial charge in [-0.25, -0.2) is 0 Å². The minimum atomic E-state index is -0.545. The Hall–Kier alpha value is -2.34. The van der Waals surface area contributed by atoms with Crippen molar-refractivity contribution in [3.63, 3.8) is 0 Å². The molecule has 2 heterocycles. The second-order valence-electron chi connectivity index (χ2n) is 9.03. The number of likely N-dealkylation sites (tertiary alicyclic amines) is 1. The van der Waals surface area contributed by atoms with E-state index in [1.54, 1.807) is 7.11 Å². The summed E-state index contributed by atoms with van der Waals surface area (Å²) in [5.41, 5.74) is 4.12. The molecule has 1 saturated heterocycles. The quantitative estimate of drug-likeness (QED) is 0.582. The lowest BCUT2D eigenvalue weighted by Crippen LogP contribution is -2.49. The van der Waals surface area contributed by atoms with Gasteiger partial charge in [0.05, 0.1) is 24.8 Å². The molecule has 0 bridgehead atoms. The SMILES string of the molecule is CCOC(=O)[C@@]1(Cc2cccc(OC)c2)CCCN(Cc2c(C)nn(C(C)C)c2C)C1. The summed E-state index contributed by atoms with van der Waals surface area (Å²) in [6.07, 6.45) is 2.46. The zero-order valence-corrected chi connectivity index (χ0v) is 19.9. The first kappa shape index (κ1) is 23.3. The minimum absolute atomic E-state index is 0.0890. The number of hydrogen-bond acceptors (Lipinski definition) is 5. The molecule has 0 saturated carbocycles. The number of nitrogens with zero attached hydrogens (tertiary/aromatic N) is 3. The maximum atomic E-state index is 13.2. The van der Waals surface area contributed by atoms with Gasteiger partial charge in [0.2, 0.25) is 0 Å². The maximum Gasteiger partial charge on any atom is 0.313 e. The molecule has 0 aliphatic carbocycles. The molecule has 31 heavy (non-hydrogen) atoms. The summed E-state index contributed by atoms with van der Waals surface area (Å²) in [6.45, 7) is 13.3. The predicted octanol–water partition coefficient (Wildman–Crippen LogP) is 4.48. The van der Waals surface area contributed by atoms with E-state index in [1.807, 2.05) is 25.1 Å². The third-order valence-electron chi connectivity index (χ3n) is 6.39. The first-order chi connectivity index (χ1) is 14.8. The first-order valence-corrected chi connectivity index (χ1v) is 11.4. The van der Waals surface area contributed by atoms with E-state index in [9.17, 15) is 4.79 Å². The van der Waals surface area contributed by atoms with Crippen LogP contribution in [0.3, 0.4) is 0 Å². The van der Waals surface area contributed by atoms with E-state index in [-0.39, 0.29) is 5.97 Å². The van der Waals surface area contributed by atoms with Gasteiger partial charge in [0.25, 0.3) is 0 Å². The van der Waals surface area contributed by atoms with E-state index in [2.05, 4.69) is 43.3 Å². The molecule has 6 heteroatoms. The number of benzene rings is 1. The number of carbonyl (C=O) groups is 1. The van der Waals surface area contributed by atoms with Crippen LogP contribution in [0.1, 0.15) is 62.2 Å². The van der Waals surface area contributed by atoms with Gasteiger partial charge in [0.15, 0.2) is 0 Å². The molecule has 1 aromatic carbocycles. The maximum absolute atomic E-state index is 13.2. The number of ether oxygens (including phenoxy) is 2. The van der Waals surface area contributed by atoms with Gasteiger partial charge in [0.1, 0.15) is 5.75 Å². The smallest absolute Gasteiger partial charge is 0.313 e. The topological polar surface area (TPSA) is 56.6 Å². The van der Waals surface area contributed by atoms with Crippen LogP contribution in [0, 0.1) is 19.3 Å². The fourth-order valence-corrected chi connectivity index (χ4v) is 4.85.